The van der Waals surface area contributed by atoms with Crippen LogP contribution in [0.25, 0.3) is 10.9 Å². The van der Waals surface area contributed by atoms with Gasteiger partial charge in [0.2, 0.25) is 0 Å². The molecule has 3 heterocycles. The fourth-order valence-corrected chi connectivity index (χ4v) is 4.03. The Balaban J connectivity index is 1.49. The molecule has 29 heavy (non-hydrogen) atoms. The van der Waals surface area contributed by atoms with Crippen molar-refractivity contribution in [1.29, 1.82) is 0 Å². The first-order chi connectivity index (χ1) is 14.1. The largest absolute Gasteiger partial charge is 0.483 e. The van der Waals surface area contributed by atoms with Crippen LogP contribution in [0, 0.1) is 12.7 Å². The summed E-state index contributed by atoms with van der Waals surface area (Å²) >= 11 is 0. The van der Waals surface area contributed by atoms with E-state index >= 15 is 0 Å². The molecule has 5 rings (SSSR count). The molecular weight excluding hydrogens is 375 g/mol. The lowest BCUT2D eigenvalue weighted by atomic mass is 10.1. The highest BCUT2D eigenvalue weighted by molar-refractivity contribution is 5.95. The Hall–Kier alpha value is -2.97. The minimum atomic E-state index is -0.384. The Morgan fingerprint density at radius 3 is 3.00 bits per heavy atom. The number of anilines is 3. The molecule has 2 fully saturated rings. The monoisotopic (exact) mass is 396 g/mol. The zero-order valence-corrected chi connectivity index (χ0v) is 15.9. The number of nitrogens with zero attached hydrogens (tertiary/aromatic N) is 2. The van der Waals surface area contributed by atoms with Crippen LogP contribution in [0.2, 0.25) is 0 Å². The molecule has 2 aliphatic rings. The van der Waals surface area contributed by atoms with Crippen molar-refractivity contribution in [3.8, 4) is 5.75 Å². The van der Waals surface area contributed by atoms with Crippen LogP contribution in [0.3, 0.4) is 0 Å². The molecule has 3 N–H and O–H groups in total. The van der Waals surface area contributed by atoms with Gasteiger partial charge in [-0.05, 0) is 43.2 Å². The molecule has 0 amide bonds. The van der Waals surface area contributed by atoms with E-state index in [0.29, 0.717) is 36.2 Å². The highest BCUT2D eigenvalue weighted by Crippen LogP contribution is 2.35. The minimum absolute atomic E-state index is 0.0453. The van der Waals surface area contributed by atoms with E-state index in [1.807, 2.05) is 13.0 Å². The molecule has 150 valence electrons. The molecule has 3 aromatic rings. The van der Waals surface area contributed by atoms with Crippen LogP contribution in [0.5, 0.6) is 5.75 Å². The number of ether oxygens (including phenoxy) is 3. The van der Waals surface area contributed by atoms with Gasteiger partial charge in [-0.1, -0.05) is 0 Å². The van der Waals surface area contributed by atoms with Crippen LogP contribution in [-0.4, -0.2) is 41.5 Å². The van der Waals surface area contributed by atoms with Crippen LogP contribution in [0.4, 0.5) is 21.6 Å². The maximum absolute atomic E-state index is 14.0. The van der Waals surface area contributed by atoms with E-state index in [0.717, 1.165) is 22.9 Å². The Labute approximate surface area is 167 Å². The number of nitrogens with one attached hydrogen (secondary N) is 1. The summed E-state index contributed by atoms with van der Waals surface area (Å²) in [5, 5.41) is 4.12. The smallest absolute Gasteiger partial charge is 0.151 e. The molecule has 8 heteroatoms. The zero-order chi connectivity index (χ0) is 20.0. The first-order valence-electron chi connectivity index (χ1n) is 9.56. The SMILES string of the molecule is Cc1cc(N)cc2ncnc(Nc3ccc(F)cc3O[C@@H]3COC4CCOC43)c12. The molecule has 2 aromatic carbocycles. The quantitative estimate of drug-likeness (QED) is 0.654. The third-order valence-electron chi connectivity index (χ3n) is 5.35. The lowest BCUT2D eigenvalue weighted by Gasteiger charge is -2.21. The van der Waals surface area contributed by atoms with Crippen molar-refractivity contribution in [1.82, 2.24) is 9.97 Å². The third-order valence-corrected chi connectivity index (χ3v) is 5.35. The molecule has 2 unspecified atom stereocenters. The predicted molar refractivity (Wildman–Crippen MR) is 107 cm³/mol. The zero-order valence-electron chi connectivity index (χ0n) is 15.9. The molecule has 0 aliphatic carbocycles. The summed E-state index contributed by atoms with van der Waals surface area (Å²) in [5.74, 6) is 0.598. The average molecular weight is 396 g/mol. The summed E-state index contributed by atoms with van der Waals surface area (Å²) in [6.45, 7) is 3.02. The highest BCUT2D eigenvalue weighted by atomic mass is 19.1. The fourth-order valence-electron chi connectivity index (χ4n) is 4.03. The summed E-state index contributed by atoms with van der Waals surface area (Å²) in [4.78, 5) is 8.69. The number of benzene rings is 2. The van der Waals surface area contributed by atoms with E-state index in [2.05, 4.69) is 15.3 Å². The van der Waals surface area contributed by atoms with Crippen LogP contribution >= 0.6 is 0 Å². The van der Waals surface area contributed by atoms with Crippen LogP contribution in [0.15, 0.2) is 36.7 Å². The summed E-state index contributed by atoms with van der Waals surface area (Å²) in [5.41, 5.74) is 8.85. The highest BCUT2D eigenvalue weighted by Gasteiger charge is 2.43. The van der Waals surface area contributed by atoms with Gasteiger partial charge in [-0.25, -0.2) is 14.4 Å². The maximum Gasteiger partial charge on any atom is 0.151 e. The molecule has 0 spiro atoms. The summed E-state index contributed by atoms with van der Waals surface area (Å²) < 4.78 is 31.6. The molecular formula is C21H21FN4O3. The fraction of sp³-hybridized carbons (Fsp3) is 0.333. The van der Waals surface area contributed by atoms with E-state index in [-0.39, 0.29) is 24.1 Å². The Kier molecular flexibility index (Phi) is 4.44. The van der Waals surface area contributed by atoms with E-state index < -0.39 is 0 Å². The van der Waals surface area contributed by atoms with Gasteiger partial charge in [0, 0.05) is 23.7 Å². The number of nitrogens with two attached hydrogens (primary N) is 1. The molecule has 0 bridgehead atoms. The molecule has 0 radical (unpaired) electrons. The van der Waals surface area contributed by atoms with Crippen molar-refractivity contribution in [3.05, 3.63) is 48.0 Å². The molecule has 1 aromatic heterocycles. The molecule has 7 nitrogen and oxygen atoms in total. The lowest BCUT2D eigenvalue weighted by molar-refractivity contribution is 0.0310. The molecule has 2 aliphatic heterocycles. The van der Waals surface area contributed by atoms with Crippen molar-refractivity contribution in [2.75, 3.05) is 24.3 Å². The van der Waals surface area contributed by atoms with E-state index in [1.165, 1.54) is 18.5 Å². The topological polar surface area (TPSA) is 91.5 Å². The Bertz CT molecular complexity index is 1080. The number of rotatable bonds is 4. The lowest BCUT2D eigenvalue weighted by Crippen LogP contribution is -2.32. The maximum atomic E-state index is 14.0. The van der Waals surface area contributed by atoms with Gasteiger partial charge in [0.15, 0.2) is 6.10 Å². The number of aromatic nitrogens is 2. The molecule has 3 atom stereocenters. The van der Waals surface area contributed by atoms with Crippen molar-refractivity contribution in [2.45, 2.75) is 31.7 Å². The minimum Gasteiger partial charge on any atom is -0.483 e. The van der Waals surface area contributed by atoms with Gasteiger partial charge >= 0.3 is 0 Å². The van der Waals surface area contributed by atoms with Crippen LogP contribution in [-0.2, 0) is 9.47 Å². The van der Waals surface area contributed by atoms with Crippen molar-refractivity contribution in [3.63, 3.8) is 0 Å². The van der Waals surface area contributed by atoms with Crippen molar-refractivity contribution in [2.24, 2.45) is 0 Å². The Morgan fingerprint density at radius 2 is 2.10 bits per heavy atom. The van der Waals surface area contributed by atoms with Gasteiger partial charge in [0.05, 0.1) is 23.9 Å². The van der Waals surface area contributed by atoms with Gasteiger partial charge in [-0.15, -0.1) is 0 Å². The van der Waals surface area contributed by atoms with Gasteiger partial charge in [-0.2, -0.15) is 0 Å². The van der Waals surface area contributed by atoms with E-state index in [9.17, 15) is 4.39 Å². The van der Waals surface area contributed by atoms with Crippen molar-refractivity contribution < 1.29 is 18.6 Å². The summed E-state index contributed by atoms with van der Waals surface area (Å²) in [6, 6.07) is 8.04. The standard InChI is InChI=1S/C21H21FN4O3/c1-11-6-13(23)8-15-19(11)21(25-10-24-15)26-14-3-2-12(22)7-17(14)29-18-9-28-16-4-5-27-20(16)18/h2-3,6-8,10,16,18,20H,4-5,9,23H2,1H3,(H,24,25,26)/t16?,18-,20?/m1/s1. The third kappa shape index (κ3) is 3.34. The first-order valence-corrected chi connectivity index (χ1v) is 9.56. The Morgan fingerprint density at radius 1 is 1.21 bits per heavy atom. The average Bonchev–Trinajstić information content (AvgIpc) is 3.28. The number of hydrogen-bond acceptors (Lipinski definition) is 7. The van der Waals surface area contributed by atoms with Gasteiger partial charge in [-0.3, -0.25) is 0 Å². The summed E-state index contributed by atoms with van der Waals surface area (Å²) in [7, 11) is 0. The van der Waals surface area contributed by atoms with Gasteiger partial charge in [0.1, 0.15) is 29.8 Å². The number of halogens is 1. The van der Waals surface area contributed by atoms with Gasteiger partial charge < -0.3 is 25.3 Å². The summed E-state index contributed by atoms with van der Waals surface area (Å²) in [6.07, 6.45) is 1.96. The first kappa shape index (κ1) is 18.1. The second kappa shape index (κ2) is 7.13. The van der Waals surface area contributed by atoms with E-state index in [4.69, 9.17) is 19.9 Å². The number of fused-ring (bicyclic) bond motifs is 2. The number of hydrogen-bond donors (Lipinski definition) is 2. The van der Waals surface area contributed by atoms with Gasteiger partial charge in [0.25, 0.3) is 0 Å². The van der Waals surface area contributed by atoms with E-state index in [1.54, 1.807) is 12.1 Å². The predicted octanol–water partition coefficient (Wildman–Crippen LogP) is 3.34. The second-order valence-electron chi connectivity index (χ2n) is 7.37. The molecule has 0 saturated carbocycles. The normalized spacial score (nSPS) is 23.3. The molecule has 2 saturated heterocycles. The van der Waals surface area contributed by atoms with Crippen molar-refractivity contribution >= 4 is 28.1 Å². The number of nitrogen functional groups attached to an aromatic ring is 1. The second-order valence-corrected chi connectivity index (χ2v) is 7.37. The number of aryl methyl sites for hydroxylation is 1. The van der Waals surface area contributed by atoms with Crippen LogP contribution in [0.1, 0.15) is 12.0 Å². The van der Waals surface area contributed by atoms with Crippen LogP contribution < -0.4 is 15.8 Å².